The van der Waals surface area contributed by atoms with E-state index in [4.69, 9.17) is 0 Å². The molecule has 0 atom stereocenters. The molecule has 0 radical (unpaired) electrons. The molecule has 160 valence electrons. The number of hydrogen-bond acceptors (Lipinski definition) is 4. The summed E-state index contributed by atoms with van der Waals surface area (Å²) in [5.74, 6) is -3.39. The maximum Gasteiger partial charge on any atom is 0.221 e. The molecule has 0 aromatic heterocycles. The van der Waals surface area contributed by atoms with E-state index in [9.17, 15) is 19.2 Å². The van der Waals surface area contributed by atoms with Gasteiger partial charge in [-0.05, 0) is 0 Å². The number of rotatable bonds is 8. The van der Waals surface area contributed by atoms with Crippen molar-refractivity contribution in [2.45, 2.75) is 0 Å². The first-order chi connectivity index (χ1) is 16.1. The summed E-state index contributed by atoms with van der Waals surface area (Å²) in [7, 11) is 0. The standard InChI is InChI=1S/C29H20O4/c30-25(21-13-5-1-6-14-21)29(26(31)22-15-7-2-8-16-22,27(32)23-17-9-3-10-18-23)28(33)24-19-11-4-12-20-24/h1-20H. The summed E-state index contributed by atoms with van der Waals surface area (Å²) < 4.78 is 0. The van der Waals surface area contributed by atoms with Crippen LogP contribution in [0, 0.1) is 5.41 Å². The van der Waals surface area contributed by atoms with E-state index >= 15 is 0 Å². The lowest BCUT2D eigenvalue weighted by Gasteiger charge is -2.29. The van der Waals surface area contributed by atoms with Gasteiger partial charge in [-0.2, -0.15) is 0 Å². The second-order valence-electron chi connectivity index (χ2n) is 7.53. The van der Waals surface area contributed by atoms with E-state index in [1.807, 2.05) is 0 Å². The zero-order valence-electron chi connectivity index (χ0n) is 17.7. The lowest BCUT2D eigenvalue weighted by molar-refractivity contribution is 0.0543. The van der Waals surface area contributed by atoms with Crippen molar-refractivity contribution in [2.24, 2.45) is 5.41 Å². The van der Waals surface area contributed by atoms with Crippen molar-refractivity contribution in [3.63, 3.8) is 0 Å². The van der Waals surface area contributed by atoms with Crippen LogP contribution in [0.4, 0.5) is 0 Å². The van der Waals surface area contributed by atoms with E-state index in [2.05, 4.69) is 0 Å². The van der Waals surface area contributed by atoms with Gasteiger partial charge in [0, 0.05) is 22.3 Å². The third-order valence-electron chi connectivity index (χ3n) is 5.51. The summed E-state index contributed by atoms with van der Waals surface area (Å²) >= 11 is 0. The molecule has 0 aliphatic rings. The van der Waals surface area contributed by atoms with Crippen molar-refractivity contribution in [3.05, 3.63) is 144 Å². The summed E-state index contributed by atoms with van der Waals surface area (Å²) in [6, 6.07) is 32.0. The van der Waals surface area contributed by atoms with Gasteiger partial charge in [0.15, 0.2) is 23.1 Å². The number of ketones is 4. The van der Waals surface area contributed by atoms with Gasteiger partial charge in [-0.1, -0.05) is 121 Å². The van der Waals surface area contributed by atoms with Gasteiger partial charge in [0.1, 0.15) is 0 Å². The fourth-order valence-electron chi connectivity index (χ4n) is 3.84. The van der Waals surface area contributed by atoms with Gasteiger partial charge in [0.2, 0.25) is 5.41 Å². The Morgan fingerprint density at radius 2 is 0.515 bits per heavy atom. The first-order valence-corrected chi connectivity index (χ1v) is 10.5. The summed E-state index contributed by atoms with van der Waals surface area (Å²) in [5, 5.41) is 0. The number of hydrogen-bond donors (Lipinski definition) is 0. The molecule has 0 N–H and O–H groups in total. The van der Waals surface area contributed by atoms with Crippen LogP contribution in [0.2, 0.25) is 0 Å². The third kappa shape index (κ3) is 3.94. The van der Waals surface area contributed by atoms with Crippen LogP contribution in [0.3, 0.4) is 0 Å². The van der Waals surface area contributed by atoms with Gasteiger partial charge in [-0.3, -0.25) is 19.2 Å². The van der Waals surface area contributed by atoms with Gasteiger partial charge in [0.25, 0.3) is 0 Å². The normalized spacial score (nSPS) is 10.9. The number of Topliss-reactive ketones (excluding diaryl/α,β-unsaturated/α-hetero) is 4. The summed E-state index contributed by atoms with van der Waals surface area (Å²) in [6.45, 7) is 0. The molecule has 0 aliphatic heterocycles. The van der Waals surface area contributed by atoms with Gasteiger partial charge in [-0.15, -0.1) is 0 Å². The molecule has 0 heterocycles. The molecule has 0 fully saturated rings. The Hall–Kier alpha value is -4.44. The Kier molecular flexibility index (Phi) is 6.18. The van der Waals surface area contributed by atoms with E-state index < -0.39 is 28.5 Å². The largest absolute Gasteiger partial charge is 0.292 e. The topological polar surface area (TPSA) is 68.3 Å². The molecular formula is C29H20O4. The molecule has 33 heavy (non-hydrogen) atoms. The first kappa shape index (κ1) is 21.8. The van der Waals surface area contributed by atoms with Crippen molar-refractivity contribution >= 4 is 23.1 Å². The molecule has 0 unspecified atom stereocenters. The lowest BCUT2D eigenvalue weighted by atomic mass is 9.65. The molecule has 0 amide bonds. The zero-order valence-corrected chi connectivity index (χ0v) is 17.7. The van der Waals surface area contributed by atoms with Gasteiger partial charge >= 0.3 is 0 Å². The van der Waals surface area contributed by atoms with Crippen LogP contribution in [0.5, 0.6) is 0 Å². The zero-order chi connectivity index (χ0) is 23.3. The van der Waals surface area contributed by atoms with Crippen molar-refractivity contribution in [1.82, 2.24) is 0 Å². The number of carbonyl (C=O) groups is 4. The van der Waals surface area contributed by atoms with Gasteiger partial charge in [-0.25, -0.2) is 0 Å². The summed E-state index contributed by atoms with van der Waals surface area (Å²) in [4.78, 5) is 56.2. The second kappa shape index (κ2) is 9.37. The van der Waals surface area contributed by atoms with Crippen LogP contribution >= 0.6 is 0 Å². The summed E-state index contributed by atoms with van der Waals surface area (Å²) in [6.07, 6.45) is 0. The van der Waals surface area contributed by atoms with Gasteiger partial charge < -0.3 is 0 Å². The molecule has 0 aliphatic carbocycles. The molecule has 0 saturated heterocycles. The molecule has 0 saturated carbocycles. The average molecular weight is 432 g/mol. The Morgan fingerprint density at radius 1 is 0.333 bits per heavy atom. The highest BCUT2D eigenvalue weighted by Crippen LogP contribution is 2.36. The number of benzene rings is 4. The fraction of sp³-hybridized carbons (Fsp3) is 0.0345. The SMILES string of the molecule is O=C(c1ccccc1)C(C(=O)c1ccccc1)(C(=O)c1ccccc1)C(=O)c1ccccc1. The minimum Gasteiger partial charge on any atom is -0.292 e. The average Bonchev–Trinajstić information content (AvgIpc) is 2.90. The third-order valence-corrected chi connectivity index (χ3v) is 5.51. The van der Waals surface area contributed by atoms with E-state index in [0.29, 0.717) is 0 Å². The van der Waals surface area contributed by atoms with Crippen LogP contribution in [0.15, 0.2) is 121 Å². The minimum absolute atomic E-state index is 0.107. The van der Waals surface area contributed by atoms with Crippen LogP contribution in [0.1, 0.15) is 41.4 Å². The van der Waals surface area contributed by atoms with Crippen molar-refractivity contribution in [3.8, 4) is 0 Å². The quantitative estimate of drug-likeness (QED) is 0.272. The van der Waals surface area contributed by atoms with E-state index in [0.717, 1.165) is 0 Å². The lowest BCUT2D eigenvalue weighted by Crippen LogP contribution is -2.53. The Balaban J connectivity index is 2.04. The fourth-order valence-corrected chi connectivity index (χ4v) is 3.84. The smallest absolute Gasteiger partial charge is 0.221 e. The van der Waals surface area contributed by atoms with Crippen molar-refractivity contribution in [2.75, 3.05) is 0 Å². The summed E-state index contributed by atoms with van der Waals surface area (Å²) in [5.41, 5.74) is -2.18. The van der Waals surface area contributed by atoms with Crippen LogP contribution in [-0.2, 0) is 0 Å². The molecule has 4 heteroatoms. The Morgan fingerprint density at radius 3 is 0.697 bits per heavy atom. The highest BCUT2D eigenvalue weighted by atomic mass is 16.2. The second-order valence-corrected chi connectivity index (χ2v) is 7.53. The van der Waals surface area contributed by atoms with Crippen LogP contribution in [0.25, 0.3) is 0 Å². The molecular weight excluding hydrogens is 412 g/mol. The highest BCUT2D eigenvalue weighted by molar-refractivity contribution is 6.48. The van der Waals surface area contributed by atoms with E-state index in [1.54, 1.807) is 72.8 Å². The maximum absolute atomic E-state index is 14.0. The molecule has 4 rings (SSSR count). The molecule has 4 aromatic rings. The predicted octanol–water partition coefficient (Wildman–Crippen LogP) is 5.50. The van der Waals surface area contributed by atoms with Crippen molar-refractivity contribution < 1.29 is 19.2 Å². The first-order valence-electron chi connectivity index (χ1n) is 10.5. The molecule has 0 bridgehead atoms. The predicted molar refractivity (Wildman–Crippen MR) is 126 cm³/mol. The minimum atomic E-state index is -2.61. The number of carbonyl (C=O) groups excluding carboxylic acids is 4. The molecule has 4 aromatic carbocycles. The maximum atomic E-state index is 14.0. The Bertz CT molecular complexity index is 1080. The van der Waals surface area contributed by atoms with Crippen LogP contribution in [-0.4, -0.2) is 23.1 Å². The van der Waals surface area contributed by atoms with E-state index in [-0.39, 0.29) is 22.3 Å². The monoisotopic (exact) mass is 432 g/mol. The Labute approximate surface area is 191 Å². The van der Waals surface area contributed by atoms with E-state index in [1.165, 1.54) is 48.5 Å². The molecule has 4 nitrogen and oxygen atoms in total. The van der Waals surface area contributed by atoms with Crippen LogP contribution < -0.4 is 0 Å². The molecule has 0 spiro atoms. The van der Waals surface area contributed by atoms with Gasteiger partial charge in [0.05, 0.1) is 0 Å². The van der Waals surface area contributed by atoms with Crippen molar-refractivity contribution in [1.29, 1.82) is 0 Å². The highest BCUT2D eigenvalue weighted by Gasteiger charge is 2.58.